The summed E-state index contributed by atoms with van der Waals surface area (Å²) in [6, 6.07) is 10.7. The predicted molar refractivity (Wildman–Crippen MR) is 139 cm³/mol. The highest BCUT2D eigenvalue weighted by Gasteiger charge is 2.25. The van der Waals surface area contributed by atoms with Crippen LogP contribution in [0, 0.1) is 26.7 Å². The Morgan fingerprint density at radius 1 is 1.06 bits per heavy atom. The van der Waals surface area contributed by atoms with E-state index in [-0.39, 0.29) is 29.5 Å². The van der Waals surface area contributed by atoms with Gasteiger partial charge in [0.15, 0.2) is 11.0 Å². The Morgan fingerprint density at radius 3 is 2.26 bits per heavy atom. The number of thioether (sulfide) groups is 1. The summed E-state index contributed by atoms with van der Waals surface area (Å²) in [5.41, 5.74) is 4.62. The first-order chi connectivity index (χ1) is 16.6. The molecule has 2 aromatic carbocycles. The molecule has 1 unspecified atom stereocenters. The molecule has 2 N–H and O–H groups in total. The second-order valence-electron chi connectivity index (χ2n) is 8.93. The Bertz CT molecular complexity index is 1180. The van der Waals surface area contributed by atoms with Crippen LogP contribution in [0.1, 0.15) is 52.8 Å². The smallest absolute Gasteiger partial charge is 0.251 e. The van der Waals surface area contributed by atoms with E-state index in [0.29, 0.717) is 22.3 Å². The molecule has 2 amide bonds. The van der Waals surface area contributed by atoms with Crippen LogP contribution in [0.2, 0.25) is 0 Å². The zero-order chi connectivity index (χ0) is 25.7. The number of carbonyl (C=O) groups is 2. The molecule has 0 aliphatic heterocycles. The first-order valence-corrected chi connectivity index (χ1v) is 12.4. The second kappa shape index (κ2) is 11.4. The average molecular weight is 496 g/mol. The number of aromatic nitrogens is 3. The molecule has 0 aliphatic rings. The van der Waals surface area contributed by atoms with Crippen LogP contribution in [-0.2, 0) is 11.8 Å². The van der Waals surface area contributed by atoms with Crippen molar-refractivity contribution >= 4 is 29.3 Å². The highest BCUT2D eigenvalue weighted by atomic mass is 32.2. The molecule has 1 heterocycles. The van der Waals surface area contributed by atoms with Gasteiger partial charge in [-0.3, -0.25) is 9.59 Å². The Morgan fingerprint density at radius 2 is 1.69 bits per heavy atom. The molecule has 8 nitrogen and oxygen atoms in total. The van der Waals surface area contributed by atoms with Crippen LogP contribution in [0.15, 0.2) is 41.6 Å². The van der Waals surface area contributed by atoms with E-state index >= 15 is 0 Å². The molecule has 1 aromatic heterocycles. The molecule has 0 saturated carbocycles. The van der Waals surface area contributed by atoms with Crippen molar-refractivity contribution in [2.75, 3.05) is 18.2 Å². The molecule has 0 saturated heterocycles. The van der Waals surface area contributed by atoms with Gasteiger partial charge in [-0.25, -0.2) is 0 Å². The minimum absolute atomic E-state index is 0.0775. The topological polar surface area (TPSA) is 98.1 Å². The van der Waals surface area contributed by atoms with Crippen LogP contribution in [0.5, 0.6) is 5.75 Å². The lowest BCUT2D eigenvalue weighted by atomic mass is 10.0. The molecule has 35 heavy (non-hydrogen) atoms. The zero-order valence-corrected chi connectivity index (χ0v) is 22.1. The summed E-state index contributed by atoms with van der Waals surface area (Å²) in [7, 11) is 3.43. The second-order valence-corrected chi connectivity index (χ2v) is 9.88. The fourth-order valence-corrected chi connectivity index (χ4v) is 4.62. The molecule has 186 valence electrons. The van der Waals surface area contributed by atoms with Gasteiger partial charge in [-0.15, -0.1) is 10.2 Å². The van der Waals surface area contributed by atoms with E-state index in [4.69, 9.17) is 4.74 Å². The number of nitrogens with one attached hydrogen (secondary N) is 2. The molecule has 3 aromatic rings. The molecule has 0 fully saturated rings. The quantitative estimate of drug-likeness (QED) is 0.421. The summed E-state index contributed by atoms with van der Waals surface area (Å²) in [6.07, 6.45) is 0. The fourth-order valence-electron chi connectivity index (χ4n) is 3.90. The number of amides is 2. The maximum Gasteiger partial charge on any atom is 0.251 e. The van der Waals surface area contributed by atoms with Crippen molar-refractivity contribution < 1.29 is 14.3 Å². The van der Waals surface area contributed by atoms with Crippen LogP contribution >= 0.6 is 11.8 Å². The maximum absolute atomic E-state index is 12.8. The van der Waals surface area contributed by atoms with Gasteiger partial charge in [-0.05, 0) is 62.1 Å². The minimum Gasteiger partial charge on any atom is -0.497 e. The Labute approximate surface area is 210 Å². The molecular formula is C26H33N5O3S. The molecule has 0 bridgehead atoms. The maximum atomic E-state index is 12.8. The number of rotatable bonds is 9. The van der Waals surface area contributed by atoms with Crippen LogP contribution in [0.25, 0.3) is 0 Å². The third kappa shape index (κ3) is 6.42. The van der Waals surface area contributed by atoms with Crippen molar-refractivity contribution in [1.82, 2.24) is 20.1 Å². The summed E-state index contributed by atoms with van der Waals surface area (Å²) in [5.74, 6) is 1.29. The number of ether oxygens (including phenoxy) is 1. The van der Waals surface area contributed by atoms with Gasteiger partial charge in [0.25, 0.3) is 5.91 Å². The first-order valence-electron chi connectivity index (χ1n) is 11.5. The van der Waals surface area contributed by atoms with Gasteiger partial charge >= 0.3 is 0 Å². The highest BCUT2D eigenvalue weighted by molar-refractivity contribution is 7.99. The fraction of sp³-hybridized carbons (Fsp3) is 0.385. The number of nitrogens with zero attached hydrogens (tertiary/aromatic N) is 3. The van der Waals surface area contributed by atoms with Crippen molar-refractivity contribution in [2.24, 2.45) is 13.0 Å². The standard InChI is InChI=1S/C26H33N5O3S/c1-15(2)22(28-25(33)19-8-10-20(34-7)11-9-19)24-29-30-26(31(24)6)35-14-21(32)27-23-17(4)12-16(3)13-18(23)5/h8-13,15,22H,14H2,1-7H3,(H,27,32)(H,28,33). The van der Waals surface area contributed by atoms with Crippen molar-refractivity contribution in [3.05, 3.63) is 64.5 Å². The van der Waals surface area contributed by atoms with Gasteiger partial charge < -0.3 is 19.9 Å². The Kier molecular flexibility index (Phi) is 8.56. The number of methoxy groups -OCH3 is 1. The molecule has 0 aliphatic carbocycles. The van der Waals surface area contributed by atoms with Gasteiger partial charge in [0, 0.05) is 18.3 Å². The van der Waals surface area contributed by atoms with E-state index in [1.165, 1.54) is 11.8 Å². The van der Waals surface area contributed by atoms with Crippen molar-refractivity contribution in [2.45, 2.75) is 45.8 Å². The number of aryl methyl sites for hydroxylation is 3. The predicted octanol–water partition coefficient (Wildman–Crippen LogP) is 4.61. The lowest BCUT2D eigenvalue weighted by Gasteiger charge is -2.21. The van der Waals surface area contributed by atoms with Gasteiger partial charge in [0.2, 0.25) is 5.91 Å². The normalized spacial score (nSPS) is 11.9. The van der Waals surface area contributed by atoms with E-state index < -0.39 is 0 Å². The average Bonchev–Trinajstić information content (AvgIpc) is 3.17. The van der Waals surface area contributed by atoms with E-state index in [1.54, 1.807) is 31.4 Å². The summed E-state index contributed by atoms with van der Waals surface area (Å²) >= 11 is 1.31. The first kappa shape index (κ1) is 26.3. The number of anilines is 1. The minimum atomic E-state index is -0.344. The van der Waals surface area contributed by atoms with E-state index in [2.05, 4.69) is 33.0 Å². The van der Waals surface area contributed by atoms with Crippen molar-refractivity contribution in [3.8, 4) is 5.75 Å². The van der Waals surface area contributed by atoms with Crippen LogP contribution in [-0.4, -0.2) is 39.4 Å². The number of hydrogen-bond acceptors (Lipinski definition) is 6. The Hall–Kier alpha value is -3.33. The number of carbonyl (C=O) groups excluding carboxylic acids is 2. The van der Waals surface area contributed by atoms with E-state index in [1.807, 2.05) is 46.2 Å². The van der Waals surface area contributed by atoms with Gasteiger partial charge in [0.05, 0.1) is 18.9 Å². The molecule has 1 atom stereocenters. The number of benzene rings is 2. The van der Waals surface area contributed by atoms with E-state index in [0.717, 1.165) is 22.4 Å². The largest absolute Gasteiger partial charge is 0.497 e. The molecular weight excluding hydrogens is 462 g/mol. The summed E-state index contributed by atoms with van der Waals surface area (Å²) in [5, 5.41) is 15.3. The molecule has 0 spiro atoms. The van der Waals surface area contributed by atoms with Crippen LogP contribution < -0.4 is 15.4 Å². The van der Waals surface area contributed by atoms with E-state index in [9.17, 15) is 9.59 Å². The third-order valence-electron chi connectivity index (χ3n) is 5.73. The zero-order valence-electron chi connectivity index (χ0n) is 21.3. The summed E-state index contributed by atoms with van der Waals surface area (Å²) < 4.78 is 6.99. The monoisotopic (exact) mass is 495 g/mol. The van der Waals surface area contributed by atoms with Crippen LogP contribution in [0.3, 0.4) is 0 Å². The van der Waals surface area contributed by atoms with Crippen molar-refractivity contribution in [3.63, 3.8) is 0 Å². The van der Waals surface area contributed by atoms with Gasteiger partial charge in [-0.1, -0.05) is 43.3 Å². The van der Waals surface area contributed by atoms with Crippen molar-refractivity contribution in [1.29, 1.82) is 0 Å². The molecule has 3 rings (SSSR count). The lowest BCUT2D eigenvalue weighted by Crippen LogP contribution is -2.33. The van der Waals surface area contributed by atoms with Gasteiger partial charge in [0.1, 0.15) is 5.75 Å². The van der Waals surface area contributed by atoms with Gasteiger partial charge in [-0.2, -0.15) is 0 Å². The number of hydrogen-bond donors (Lipinski definition) is 2. The molecule has 9 heteroatoms. The Balaban J connectivity index is 1.67. The molecule has 0 radical (unpaired) electrons. The summed E-state index contributed by atoms with van der Waals surface area (Å²) in [4.78, 5) is 25.5. The lowest BCUT2D eigenvalue weighted by molar-refractivity contribution is -0.113. The highest BCUT2D eigenvalue weighted by Crippen LogP contribution is 2.26. The summed E-state index contributed by atoms with van der Waals surface area (Å²) in [6.45, 7) is 10.0. The van der Waals surface area contributed by atoms with Crippen LogP contribution in [0.4, 0.5) is 5.69 Å². The third-order valence-corrected chi connectivity index (χ3v) is 6.75. The SMILES string of the molecule is COc1ccc(C(=O)NC(c2nnc(SCC(=O)Nc3c(C)cc(C)cc3C)n2C)C(C)C)cc1.